The quantitative estimate of drug-likeness (QED) is 0.590. The van der Waals surface area contributed by atoms with Gasteiger partial charge >= 0.3 is 6.18 Å². The number of hydrogen-bond acceptors (Lipinski definition) is 3. The Labute approximate surface area is 152 Å². The summed E-state index contributed by atoms with van der Waals surface area (Å²) in [6, 6.07) is 10.5. The molecule has 3 nitrogen and oxygen atoms in total. The monoisotopic (exact) mass is 373 g/mol. The zero-order valence-electron chi connectivity index (χ0n) is 13.3. The Morgan fingerprint density at radius 2 is 1.77 bits per heavy atom. The van der Waals surface area contributed by atoms with E-state index in [1.165, 1.54) is 18.5 Å². The van der Waals surface area contributed by atoms with Crippen molar-refractivity contribution in [1.82, 2.24) is 9.97 Å². The van der Waals surface area contributed by atoms with Gasteiger partial charge in [-0.2, -0.15) is 13.2 Å². The third-order valence-electron chi connectivity index (χ3n) is 4.17. The molecule has 0 bridgehead atoms. The van der Waals surface area contributed by atoms with E-state index in [9.17, 15) is 13.2 Å². The summed E-state index contributed by atoms with van der Waals surface area (Å²) in [6.45, 7) is 0.185. The predicted octanol–water partition coefficient (Wildman–Crippen LogP) is 5.17. The number of halogens is 4. The van der Waals surface area contributed by atoms with Crippen LogP contribution in [0.25, 0.3) is 11.3 Å². The van der Waals surface area contributed by atoms with E-state index < -0.39 is 11.7 Å². The molecule has 26 heavy (non-hydrogen) atoms. The van der Waals surface area contributed by atoms with Crippen LogP contribution in [-0.2, 0) is 12.7 Å². The van der Waals surface area contributed by atoms with E-state index >= 15 is 0 Å². The van der Waals surface area contributed by atoms with Gasteiger partial charge in [0.25, 0.3) is 0 Å². The Hall–Kier alpha value is -2.73. The zero-order valence-corrected chi connectivity index (χ0v) is 14.0. The van der Waals surface area contributed by atoms with Crippen molar-refractivity contribution in [3.05, 3.63) is 82.3 Å². The van der Waals surface area contributed by atoms with Gasteiger partial charge in [0.15, 0.2) is 0 Å². The lowest BCUT2D eigenvalue weighted by molar-refractivity contribution is -0.137. The maximum atomic E-state index is 13.5. The molecule has 0 saturated heterocycles. The van der Waals surface area contributed by atoms with Gasteiger partial charge < -0.3 is 0 Å². The maximum Gasteiger partial charge on any atom is 0.417 e. The third kappa shape index (κ3) is 2.86. The molecule has 0 unspecified atom stereocenters. The van der Waals surface area contributed by atoms with Crippen LogP contribution in [0.5, 0.6) is 0 Å². The second kappa shape index (κ2) is 6.21. The summed E-state index contributed by atoms with van der Waals surface area (Å²) < 4.78 is 40.6. The van der Waals surface area contributed by atoms with Crippen molar-refractivity contribution in [2.75, 3.05) is 0 Å². The number of benzene rings is 2. The number of fused-ring (bicyclic) bond motifs is 3. The molecule has 2 heterocycles. The summed E-state index contributed by atoms with van der Waals surface area (Å²) >= 11 is 6.13. The Morgan fingerprint density at radius 3 is 2.58 bits per heavy atom. The van der Waals surface area contributed by atoms with Gasteiger partial charge in [0.2, 0.25) is 0 Å². The molecule has 0 spiro atoms. The minimum Gasteiger partial charge on any atom is -0.279 e. The summed E-state index contributed by atoms with van der Waals surface area (Å²) in [5.41, 5.74) is 2.12. The van der Waals surface area contributed by atoms with Crippen LogP contribution in [0.3, 0.4) is 0 Å². The molecule has 1 aliphatic rings. The summed E-state index contributed by atoms with van der Waals surface area (Å²) in [7, 11) is 0. The maximum absolute atomic E-state index is 13.5. The van der Waals surface area contributed by atoms with Gasteiger partial charge in [-0.15, -0.1) is 0 Å². The SMILES string of the molecule is FC(F)(F)c1ccccc1C1=NCc2cncnc2-c2ccc(Cl)cc21. The Kier molecular flexibility index (Phi) is 4.00. The van der Waals surface area contributed by atoms with Gasteiger partial charge in [-0.25, -0.2) is 9.97 Å². The number of hydrogen-bond donors (Lipinski definition) is 0. The largest absolute Gasteiger partial charge is 0.417 e. The van der Waals surface area contributed by atoms with Crippen molar-refractivity contribution in [3.63, 3.8) is 0 Å². The van der Waals surface area contributed by atoms with Crippen LogP contribution >= 0.6 is 11.6 Å². The van der Waals surface area contributed by atoms with E-state index in [1.807, 2.05) is 0 Å². The van der Waals surface area contributed by atoms with E-state index in [4.69, 9.17) is 11.6 Å². The van der Waals surface area contributed by atoms with Gasteiger partial charge in [0.1, 0.15) is 6.33 Å². The van der Waals surface area contributed by atoms with Crippen LogP contribution in [-0.4, -0.2) is 15.7 Å². The first-order chi connectivity index (χ1) is 12.4. The van der Waals surface area contributed by atoms with Gasteiger partial charge in [0.05, 0.1) is 23.5 Å². The molecule has 0 amide bonds. The lowest BCUT2D eigenvalue weighted by Crippen LogP contribution is -2.15. The lowest BCUT2D eigenvalue weighted by atomic mass is 9.92. The minimum atomic E-state index is -4.49. The Morgan fingerprint density at radius 1 is 0.962 bits per heavy atom. The smallest absolute Gasteiger partial charge is 0.279 e. The fraction of sp³-hybridized carbons (Fsp3) is 0.105. The molecule has 0 saturated carbocycles. The second-order valence-electron chi connectivity index (χ2n) is 5.79. The first-order valence-electron chi connectivity index (χ1n) is 7.75. The topological polar surface area (TPSA) is 38.1 Å². The number of alkyl halides is 3. The van der Waals surface area contributed by atoms with Crippen molar-refractivity contribution < 1.29 is 13.2 Å². The molecule has 7 heteroatoms. The van der Waals surface area contributed by atoms with Crippen molar-refractivity contribution in [3.8, 4) is 11.3 Å². The zero-order chi connectivity index (χ0) is 18.3. The van der Waals surface area contributed by atoms with Gasteiger partial charge in [-0.3, -0.25) is 4.99 Å². The van der Waals surface area contributed by atoms with Crippen molar-refractivity contribution in [2.24, 2.45) is 4.99 Å². The van der Waals surface area contributed by atoms with E-state index in [2.05, 4.69) is 15.0 Å². The van der Waals surface area contributed by atoms with E-state index in [0.29, 0.717) is 21.8 Å². The van der Waals surface area contributed by atoms with Crippen LogP contribution in [0.15, 0.2) is 60.0 Å². The van der Waals surface area contributed by atoms with Crippen molar-refractivity contribution in [2.45, 2.75) is 12.7 Å². The molecule has 0 aliphatic carbocycles. The molecule has 4 rings (SSSR count). The molecule has 1 aromatic heterocycles. The van der Waals surface area contributed by atoms with Gasteiger partial charge in [-0.1, -0.05) is 35.9 Å². The number of aromatic nitrogens is 2. The third-order valence-corrected chi connectivity index (χ3v) is 4.41. The van der Waals surface area contributed by atoms with Gasteiger partial charge in [0, 0.05) is 33.5 Å². The van der Waals surface area contributed by atoms with E-state index in [1.54, 1.807) is 30.5 Å². The van der Waals surface area contributed by atoms with Crippen LogP contribution in [0.2, 0.25) is 5.02 Å². The molecular formula is C19H11ClF3N3. The highest BCUT2D eigenvalue weighted by Crippen LogP contribution is 2.37. The Bertz CT molecular complexity index is 1030. The van der Waals surface area contributed by atoms with E-state index in [-0.39, 0.29) is 17.8 Å². The average molecular weight is 374 g/mol. The summed E-state index contributed by atoms with van der Waals surface area (Å²) in [5.74, 6) is 0. The lowest BCUT2D eigenvalue weighted by Gasteiger charge is -2.16. The molecule has 0 N–H and O–H groups in total. The van der Waals surface area contributed by atoms with Crippen LogP contribution in [0.4, 0.5) is 13.2 Å². The second-order valence-corrected chi connectivity index (χ2v) is 6.23. The first-order valence-corrected chi connectivity index (χ1v) is 8.13. The number of aliphatic imine (C=N–C) groups is 1. The van der Waals surface area contributed by atoms with Crippen molar-refractivity contribution in [1.29, 1.82) is 0 Å². The number of rotatable bonds is 1. The van der Waals surface area contributed by atoms with Crippen molar-refractivity contribution >= 4 is 17.3 Å². The fourth-order valence-corrected chi connectivity index (χ4v) is 3.22. The highest BCUT2D eigenvalue weighted by molar-refractivity contribution is 6.31. The van der Waals surface area contributed by atoms with E-state index in [0.717, 1.165) is 11.6 Å². The average Bonchev–Trinajstić information content (AvgIpc) is 2.77. The summed E-state index contributed by atoms with van der Waals surface area (Å²) in [5, 5.41) is 0.415. The Balaban J connectivity index is 2.01. The molecular weight excluding hydrogens is 363 g/mol. The molecule has 2 aromatic carbocycles. The molecule has 3 aromatic rings. The molecule has 1 aliphatic heterocycles. The van der Waals surface area contributed by atoms with Crippen LogP contribution in [0, 0.1) is 0 Å². The highest BCUT2D eigenvalue weighted by Gasteiger charge is 2.35. The van der Waals surface area contributed by atoms with Gasteiger partial charge in [-0.05, 0) is 18.2 Å². The molecule has 0 atom stereocenters. The van der Waals surface area contributed by atoms with Crippen LogP contribution < -0.4 is 0 Å². The molecule has 130 valence electrons. The highest BCUT2D eigenvalue weighted by atomic mass is 35.5. The molecule has 0 radical (unpaired) electrons. The minimum absolute atomic E-state index is 0.0179. The predicted molar refractivity (Wildman–Crippen MR) is 93.3 cm³/mol. The van der Waals surface area contributed by atoms with Crippen LogP contribution in [0.1, 0.15) is 22.3 Å². The molecule has 0 fully saturated rings. The summed E-state index contributed by atoms with van der Waals surface area (Å²) in [4.78, 5) is 12.8. The standard InChI is InChI=1S/C19H11ClF3N3/c20-12-5-6-13-15(7-12)18(25-9-11-8-24-10-26-17(11)13)14-3-1-2-4-16(14)19(21,22)23/h1-8,10H,9H2. The fourth-order valence-electron chi connectivity index (χ4n) is 3.05. The first kappa shape index (κ1) is 16.7. The summed E-state index contributed by atoms with van der Waals surface area (Å²) in [6.07, 6.45) is -1.45. The number of nitrogens with zero attached hydrogens (tertiary/aromatic N) is 3. The normalized spacial score (nSPS) is 13.5.